The van der Waals surface area contributed by atoms with Gasteiger partial charge >= 0.3 is 0 Å². The van der Waals surface area contributed by atoms with Crippen molar-refractivity contribution in [2.45, 2.75) is 13.8 Å². The topological polar surface area (TPSA) is 54.4 Å². The second kappa shape index (κ2) is 7.66. The number of aliphatic imine (C=N–C) groups is 1. The number of hydrogen-bond acceptors (Lipinski definition) is 3. The van der Waals surface area contributed by atoms with Gasteiger partial charge in [0.05, 0.1) is 0 Å². The number of ketones is 1. The molecule has 0 aliphatic carbocycles. The van der Waals surface area contributed by atoms with Gasteiger partial charge in [0, 0.05) is 22.4 Å². The lowest BCUT2D eigenvalue weighted by Crippen LogP contribution is -2.15. The highest BCUT2D eigenvalue weighted by Crippen LogP contribution is 2.27. The summed E-state index contributed by atoms with van der Waals surface area (Å²) in [6.07, 6.45) is 3.62. The molecule has 0 aliphatic rings. The molecule has 0 aliphatic heterocycles. The van der Waals surface area contributed by atoms with Crippen molar-refractivity contribution in [3.05, 3.63) is 63.8 Å². The van der Waals surface area contributed by atoms with E-state index in [1.54, 1.807) is 6.21 Å². The molecule has 0 radical (unpaired) electrons. The molecular formula is C20H19BrN2O2. The molecule has 1 heterocycles. The number of aromatic nitrogens is 1. The van der Waals surface area contributed by atoms with Gasteiger partial charge in [-0.15, -0.1) is 0 Å². The fraction of sp³-hybridized carbons (Fsp3) is 0.200. The number of aromatic amines is 1. The summed E-state index contributed by atoms with van der Waals surface area (Å²) in [4.78, 5) is 19.4. The van der Waals surface area contributed by atoms with E-state index in [4.69, 9.17) is 4.74 Å². The Bertz CT molecular complexity index is 921. The van der Waals surface area contributed by atoms with Crippen LogP contribution in [0.3, 0.4) is 0 Å². The second-order valence-electron chi connectivity index (χ2n) is 5.99. The van der Waals surface area contributed by atoms with Crippen LogP contribution in [0.2, 0.25) is 0 Å². The molecule has 0 saturated carbocycles. The molecule has 0 fully saturated rings. The van der Waals surface area contributed by atoms with Crippen LogP contribution in [0.1, 0.15) is 16.7 Å². The second-order valence-corrected chi connectivity index (χ2v) is 6.91. The molecule has 0 unspecified atom stereocenters. The normalized spacial score (nSPS) is 11.3. The van der Waals surface area contributed by atoms with Crippen molar-refractivity contribution in [2.75, 3.05) is 13.2 Å². The third kappa shape index (κ3) is 4.37. The predicted molar refractivity (Wildman–Crippen MR) is 105 cm³/mol. The number of nitrogens with one attached hydrogen (secondary N) is 1. The van der Waals surface area contributed by atoms with Gasteiger partial charge in [-0.1, -0.05) is 22.0 Å². The average Bonchev–Trinajstić information content (AvgIpc) is 3.01. The highest BCUT2D eigenvalue weighted by Gasteiger charge is 2.08. The number of carbonyl (C=O) groups excluding carboxylic acids is 1. The molecule has 0 bridgehead atoms. The first-order chi connectivity index (χ1) is 12.0. The Labute approximate surface area is 155 Å². The number of halogens is 1. The van der Waals surface area contributed by atoms with Crippen LogP contribution in [0.25, 0.3) is 10.9 Å². The number of H-pyrrole nitrogens is 1. The van der Waals surface area contributed by atoms with Crippen molar-refractivity contribution in [2.24, 2.45) is 4.99 Å². The number of carbonyl (C=O) groups is 1. The summed E-state index contributed by atoms with van der Waals surface area (Å²) in [6.45, 7) is 4.07. The molecule has 1 aromatic heterocycles. The third-order valence-corrected chi connectivity index (χ3v) is 4.35. The summed E-state index contributed by atoms with van der Waals surface area (Å²) in [7, 11) is 0. The van der Waals surface area contributed by atoms with Gasteiger partial charge in [-0.25, -0.2) is 0 Å². The van der Waals surface area contributed by atoms with Gasteiger partial charge in [-0.3, -0.25) is 9.79 Å². The molecule has 128 valence electrons. The Morgan fingerprint density at radius 3 is 2.72 bits per heavy atom. The van der Waals surface area contributed by atoms with E-state index >= 15 is 0 Å². The Balaban J connectivity index is 1.56. The third-order valence-electron chi connectivity index (χ3n) is 3.89. The van der Waals surface area contributed by atoms with Crippen LogP contribution in [0.15, 0.2) is 52.1 Å². The van der Waals surface area contributed by atoms with Crippen LogP contribution in [0.5, 0.6) is 5.75 Å². The van der Waals surface area contributed by atoms with Gasteiger partial charge < -0.3 is 9.72 Å². The first-order valence-corrected chi connectivity index (χ1v) is 8.80. The van der Waals surface area contributed by atoms with E-state index in [0.29, 0.717) is 0 Å². The highest BCUT2D eigenvalue weighted by atomic mass is 79.9. The molecule has 4 nitrogen and oxygen atoms in total. The minimum absolute atomic E-state index is 0.0253. The molecular weight excluding hydrogens is 380 g/mol. The van der Waals surface area contributed by atoms with Crippen molar-refractivity contribution >= 4 is 38.8 Å². The summed E-state index contributed by atoms with van der Waals surface area (Å²) in [5.41, 5.74) is 4.06. The Kier molecular flexibility index (Phi) is 5.34. The van der Waals surface area contributed by atoms with E-state index in [0.717, 1.165) is 37.8 Å². The number of fused-ring (bicyclic) bond motifs is 1. The zero-order valence-electron chi connectivity index (χ0n) is 14.2. The highest BCUT2D eigenvalue weighted by molar-refractivity contribution is 9.10. The van der Waals surface area contributed by atoms with Gasteiger partial charge in [0.25, 0.3) is 0 Å². The molecule has 0 atom stereocenters. The first kappa shape index (κ1) is 17.4. The standard InChI is InChI=1S/C20H19BrN2O2/c1-13-7-17(21)8-14(2)20(13)25-12-18(24)11-22-10-15-3-4-19-16(9-15)5-6-23-19/h3-10,23H,11-12H2,1-2H3. The number of hydrogen-bond donors (Lipinski definition) is 1. The zero-order chi connectivity index (χ0) is 17.8. The van der Waals surface area contributed by atoms with E-state index in [1.807, 2.05) is 56.4 Å². The maximum atomic E-state index is 12.0. The fourth-order valence-electron chi connectivity index (χ4n) is 2.73. The van der Waals surface area contributed by atoms with E-state index in [2.05, 4.69) is 25.9 Å². The molecule has 3 rings (SSSR count). The Hall–Kier alpha value is -2.40. The Morgan fingerprint density at radius 2 is 1.96 bits per heavy atom. The number of aryl methyl sites for hydroxylation is 2. The van der Waals surface area contributed by atoms with Crippen molar-refractivity contribution in [1.82, 2.24) is 4.98 Å². The minimum atomic E-state index is -0.0549. The van der Waals surface area contributed by atoms with E-state index in [9.17, 15) is 4.79 Å². The smallest absolute Gasteiger partial charge is 0.191 e. The quantitative estimate of drug-likeness (QED) is 0.616. The molecule has 3 aromatic rings. The zero-order valence-corrected chi connectivity index (χ0v) is 15.8. The van der Waals surface area contributed by atoms with E-state index < -0.39 is 0 Å². The molecule has 5 heteroatoms. The Morgan fingerprint density at radius 1 is 1.20 bits per heavy atom. The summed E-state index contributed by atoms with van der Waals surface area (Å²) >= 11 is 3.45. The average molecular weight is 399 g/mol. The number of ether oxygens (including phenoxy) is 1. The summed E-state index contributed by atoms with van der Waals surface area (Å²) in [6, 6.07) is 12.0. The van der Waals surface area contributed by atoms with Crippen LogP contribution in [-0.4, -0.2) is 30.1 Å². The number of rotatable bonds is 6. The number of benzene rings is 2. The van der Waals surface area contributed by atoms with Crippen molar-refractivity contribution < 1.29 is 9.53 Å². The monoisotopic (exact) mass is 398 g/mol. The number of nitrogens with zero attached hydrogens (tertiary/aromatic N) is 1. The summed E-state index contributed by atoms with van der Waals surface area (Å²) in [5.74, 6) is 0.708. The fourth-order valence-corrected chi connectivity index (χ4v) is 3.42. The van der Waals surface area contributed by atoms with Gasteiger partial charge in [-0.2, -0.15) is 0 Å². The van der Waals surface area contributed by atoms with Crippen LogP contribution < -0.4 is 4.74 Å². The van der Waals surface area contributed by atoms with Crippen LogP contribution >= 0.6 is 15.9 Å². The lowest BCUT2D eigenvalue weighted by Gasteiger charge is -2.11. The van der Waals surface area contributed by atoms with Crippen molar-refractivity contribution in [3.8, 4) is 5.75 Å². The SMILES string of the molecule is Cc1cc(Br)cc(C)c1OCC(=O)CN=Cc1ccc2[nH]ccc2c1. The molecule has 0 saturated heterocycles. The summed E-state index contributed by atoms with van der Waals surface area (Å²) in [5, 5.41) is 1.12. The van der Waals surface area contributed by atoms with Crippen LogP contribution in [0, 0.1) is 13.8 Å². The van der Waals surface area contributed by atoms with Crippen LogP contribution in [0.4, 0.5) is 0 Å². The summed E-state index contributed by atoms with van der Waals surface area (Å²) < 4.78 is 6.69. The minimum Gasteiger partial charge on any atom is -0.485 e. The largest absolute Gasteiger partial charge is 0.485 e. The maximum absolute atomic E-state index is 12.0. The predicted octanol–water partition coefficient (Wildman–Crippen LogP) is 4.61. The van der Waals surface area contributed by atoms with E-state index in [-0.39, 0.29) is 18.9 Å². The lowest BCUT2D eigenvalue weighted by molar-refractivity contribution is -0.119. The van der Waals surface area contributed by atoms with E-state index in [1.165, 1.54) is 0 Å². The number of Topliss-reactive ketones (excluding diaryl/α,β-unsaturated/α-hetero) is 1. The molecule has 1 N–H and O–H groups in total. The van der Waals surface area contributed by atoms with Crippen molar-refractivity contribution in [1.29, 1.82) is 0 Å². The van der Waals surface area contributed by atoms with Gasteiger partial charge in [-0.05, 0) is 66.3 Å². The lowest BCUT2D eigenvalue weighted by atomic mass is 10.1. The molecule has 0 spiro atoms. The van der Waals surface area contributed by atoms with Crippen LogP contribution in [-0.2, 0) is 4.79 Å². The maximum Gasteiger partial charge on any atom is 0.191 e. The molecule has 2 aromatic carbocycles. The molecule has 25 heavy (non-hydrogen) atoms. The first-order valence-electron chi connectivity index (χ1n) is 8.01. The van der Waals surface area contributed by atoms with Gasteiger partial charge in [0.15, 0.2) is 5.78 Å². The molecule has 0 amide bonds. The van der Waals surface area contributed by atoms with Gasteiger partial charge in [0.1, 0.15) is 18.9 Å². The van der Waals surface area contributed by atoms with Crippen molar-refractivity contribution in [3.63, 3.8) is 0 Å². The van der Waals surface area contributed by atoms with Gasteiger partial charge in [0.2, 0.25) is 0 Å².